The molecule has 0 saturated carbocycles. The molecule has 1 aromatic rings. The third kappa shape index (κ3) is 4.74. The summed E-state index contributed by atoms with van der Waals surface area (Å²) in [7, 11) is 0. The Kier molecular flexibility index (Phi) is 5.82. The van der Waals surface area contributed by atoms with Crippen LogP contribution in [0.4, 0.5) is 0 Å². The zero-order valence-electron chi connectivity index (χ0n) is 12.5. The minimum Gasteiger partial charge on any atom is -0.490 e. The molecule has 20 heavy (non-hydrogen) atoms. The van der Waals surface area contributed by atoms with Gasteiger partial charge < -0.3 is 19.9 Å². The molecule has 5 heteroatoms. The molecule has 1 rings (SSSR count). The molecule has 1 unspecified atom stereocenters. The zero-order valence-corrected chi connectivity index (χ0v) is 12.5. The van der Waals surface area contributed by atoms with Gasteiger partial charge in [-0.3, -0.25) is 4.79 Å². The van der Waals surface area contributed by atoms with E-state index in [1.54, 1.807) is 32.9 Å². The maximum absolute atomic E-state index is 11.8. The minimum atomic E-state index is -0.695. The van der Waals surface area contributed by atoms with Gasteiger partial charge in [0.15, 0.2) is 18.1 Å². The highest BCUT2D eigenvalue weighted by molar-refractivity contribution is 5.78. The summed E-state index contributed by atoms with van der Waals surface area (Å²) < 4.78 is 10.9. The van der Waals surface area contributed by atoms with Crippen molar-refractivity contribution < 1.29 is 19.4 Å². The largest absolute Gasteiger partial charge is 0.490 e. The van der Waals surface area contributed by atoms with Crippen molar-refractivity contribution in [1.82, 2.24) is 5.32 Å². The number of para-hydroxylation sites is 2. The molecule has 0 saturated heterocycles. The molecule has 1 aromatic carbocycles. The Morgan fingerprint density at radius 2 is 1.85 bits per heavy atom. The lowest BCUT2D eigenvalue weighted by molar-refractivity contribution is -0.126. The molecule has 1 amide bonds. The van der Waals surface area contributed by atoms with Gasteiger partial charge >= 0.3 is 0 Å². The van der Waals surface area contributed by atoms with Crippen molar-refractivity contribution in [1.29, 1.82) is 0 Å². The third-order valence-electron chi connectivity index (χ3n) is 3.01. The number of rotatable bonds is 7. The summed E-state index contributed by atoms with van der Waals surface area (Å²) >= 11 is 0. The molecule has 0 heterocycles. The van der Waals surface area contributed by atoms with Gasteiger partial charge in [0.1, 0.15) is 0 Å². The number of carbonyl (C=O) groups is 1. The van der Waals surface area contributed by atoms with Crippen LogP contribution in [-0.2, 0) is 4.79 Å². The molecule has 112 valence electrons. The van der Waals surface area contributed by atoms with E-state index < -0.39 is 11.6 Å². The quantitative estimate of drug-likeness (QED) is 0.799. The molecule has 0 fully saturated rings. The van der Waals surface area contributed by atoms with Gasteiger partial charge in [-0.2, -0.15) is 0 Å². The van der Waals surface area contributed by atoms with Crippen molar-refractivity contribution in [2.24, 2.45) is 0 Å². The molecule has 0 radical (unpaired) electrons. The van der Waals surface area contributed by atoms with Crippen LogP contribution >= 0.6 is 0 Å². The Balaban J connectivity index is 2.57. The minimum absolute atomic E-state index is 0.125. The topological polar surface area (TPSA) is 67.8 Å². The summed E-state index contributed by atoms with van der Waals surface area (Å²) in [6.45, 7) is 7.43. The first kappa shape index (κ1) is 16.3. The summed E-state index contributed by atoms with van der Waals surface area (Å²) in [6.07, 6.45) is -0.651. The number of hydrogen-bond donors (Lipinski definition) is 2. The number of hydrogen-bond acceptors (Lipinski definition) is 4. The van der Waals surface area contributed by atoms with Gasteiger partial charge in [0.2, 0.25) is 0 Å². The molecule has 0 bridgehead atoms. The van der Waals surface area contributed by atoms with Gasteiger partial charge in [0.05, 0.1) is 18.2 Å². The fourth-order valence-electron chi connectivity index (χ4n) is 1.49. The van der Waals surface area contributed by atoms with E-state index in [-0.39, 0.29) is 12.5 Å². The standard InChI is InChI=1S/C15H23NO4/c1-5-19-12-8-6-7-9-13(12)20-10-14(18)16-15(3,4)11(2)17/h6-9,11,17H,5,10H2,1-4H3,(H,16,18). The smallest absolute Gasteiger partial charge is 0.258 e. The normalized spacial score (nSPS) is 12.7. The van der Waals surface area contributed by atoms with Gasteiger partial charge in [-0.25, -0.2) is 0 Å². The molecule has 2 N–H and O–H groups in total. The molecule has 0 aliphatic rings. The average Bonchev–Trinajstić information content (AvgIpc) is 2.37. The van der Waals surface area contributed by atoms with Crippen LogP contribution in [0.2, 0.25) is 0 Å². The summed E-state index contributed by atoms with van der Waals surface area (Å²) in [5, 5.41) is 12.3. The second kappa shape index (κ2) is 7.14. The SMILES string of the molecule is CCOc1ccccc1OCC(=O)NC(C)(C)C(C)O. The first-order valence-electron chi connectivity index (χ1n) is 6.70. The predicted molar refractivity (Wildman–Crippen MR) is 77.0 cm³/mol. The highest BCUT2D eigenvalue weighted by Crippen LogP contribution is 2.26. The lowest BCUT2D eigenvalue weighted by atomic mass is 9.99. The van der Waals surface area contributed by atoms with Crippen LogP contribution in [0.3, 0.4) is 0 Å². The molecule has 1 atom stereocenters. The van der Waals surface area contributed by atoms with Crippen molar-refractivity contribution in [3.63, 3.8) is 0 Å². The average molecular weight is 281 g/mol. The Morgan fingerprint density at radius 1 is 1.30 bits per heavy atom. The highest BCUT2D eigenvalue weighted by Gasteiger charge is 2.26. The van der Waals surface area contributed by atoms with Crippen LogP contribution in [0.1, 0.15) is 27.7 Å². The number of benzene rings is 1. The fraction of sp³-hybridized carbons (Fsp3) is 0.533. The summed E-state index contributed by atoms with van der Waals surface area (Å²) in [6, 6.07) is 7.19. The van der Waals surface area contributed by atoms with Gasteiger partial charge in [-0.1, -0.05) is 12.1 Å². The third-order valence-corrected chi connectivity index (χ3v) is 3.01. The Bertz CT molecular complexity index is 443. The van der Waals surface area contributed by atoms with Crippen LogP contribution < -0.4 is 14.8 Å². The maximum atomic E-state index is 11.8. The number of aliphatic hydroxyl groups excluding tert-OH is 1. The Hall–Kier alpha value is -1.75. The van der Waals surface area contributed by atoms with Crippen molar-refractivity contribution in [2.75, 3.05) is 13.2 Å². The van der Waals surface area contributed by atoms with Crippen LogP contribution in [-0.4, -0.2) is 35.9 Å². The number of aliphatic hydroxyl groups is 1. The molecule has 0 spiro atoms. The van der Waals surface area contributed by atoms with E-state index in [1.807, 2.05) is 19.1 Å². The predicted octanol–water partition coefficient (Wildman–Crippen LogP) is 1.74. The lowest BCUT2D eigenvalue weighted by Gasteiger charge is -2.29. The monoisotopic (exact) mass is 281 g/mol. The summed E-state index contributed by atoms with van der Waals surface area (Å²) in [5.74, 6) is 0.846. The van der Waals surface area contributed by atoms with Crippen LogP contribution in [0, 0.1) is 0 Å². The van der Waals surface area contributed by atoms with E-state index in [0.29, 0.717) is 18.1 Å². The van der Waals surface area contributed by atoms with Crippen molar-refractivity contribution in [2.45, 2.75) is 39.3 Å². The zero-order chi connectivity index (χ0) is 15.2. The second-order valence-corrected chi connectivity index (χ2v) is 5.11. The first-order valence-corrected chi connectivity index (χ1v) is 6.70. The number of nitrogens with one attached hydrogen (secondary N) is 1. The second-order valence-electron chi connectivity index (χ2n) is 5.11. The lowest BCUT2D eigenvalue weighted by Crippen LogP contribution is -2.52. The maximum Gasteiger partial charge on any atom is 0.258 e. The van der Waals surface area contributed by atoms with E-state index in [4.69, 9.17) is 9.47 Å². The molecular formula is C15H23NO4. The fourth-order valence-corrected chi connectivity index (χ4v) is 1.49. The number of ether oxygens (including phenoxy) is 2. The van der Waals surface area contributed by atoms with E-state index >= 15 is 0 Å². The molecule has 0 aliphatic carbocycles. The van der Waals surface area contributed by atoms with Gasteiger partial charge in [0.25, 0.3) is 5.91 Å². The Morgan fingerprint density at radius 3 is 2.35 bits per heavy atom. The first-order chi connectivity index (χ1) is 9.36. The summed E-state index contributed by atoms with van der Waals surface area (Å²) in [5.41, 5.74) is -0.695. The number of carbonyl (C=O) groups excluding carboxylic acids is 1. The van der Waals surface area contributed by atoms with Gasteiger partial charge in [-0.05, 0) is 39.8 Å². The van der Waals surface area contributed by atoms with Gasteiger partial charge in [-0.15, -0.1) is 0 Å². The van der Waals surface area contributed by atoms with E-state index in [9.17, 15) is 9.90 Å². The van der Waals surface area contributed by atoms with Crippen molar-refractivity contribution in [3.05, 3.63) is 24.3 Å². The molecule has 0 aromatic heterocycles. The highest BCUT2D eigenvalue weighted by atomic mass is 16.5. The summed E-state index contributed by atoms with van der Waals surface area (Å²) in [4.78, 5) is 11.8. The molecule has 0 aliphatic heterocycles. The van der Waals surface area contributed by atoms with E-state index in [2.05, 4.69) is 5.32 Å². The van der Waals surface area contributed by atoms with Crippen molar-refractivity contribution >= 4 is 5.91 Å². The van der Waals surface area contributed by atoms with Crippen molar-refractivity contribution in [3.8, 4) is 11.5 Å². The van der Waals surface area contributed by atoms with Gasteiger partial charge in [0, 0.05) is 0 Å². The van der Waals surface area contributed by atoms with E-state index in [0.717, 1.165) is 0 Å². The van der Waals surface area contributed by atoms with Crippen LogP contribution in [0.5, 0.6) is 11.5 Å². The molecular weight excluding hydrogens is 258 g/mol. The van der Waals surface area contributed by atoms with Crippen LogP contribution in [0.25, 0.3) is 0 Å². The van der Waals surface area contributed by atoms with Crippen LogP contribution in [0.15, 0.2) is 24.3 Å². The van der Waals surface area contributed by atoms with E-state index in [1.165, 1.54) is 0 Å². The molecule has 5 nitrogen and oxygen atoms in total. The number of amides is 1. The Labute approximate surface area is 119 Å².